The molecule has 1 aliphatic heterocycles. The van der Waals surface area contributed by atoms with Gasteiger partial charge in [-0.1, -0.05) is 13.8 Å². The average molecular weight is 275 g/mol. The van der Waals surface area contributed by atoms with Crippen LogP contribution in [0.4, 0.5) is 5.95 Å². The van der Waals surface area contributed by atoms with E-state index in [-0.39, 0.29) is 10.6 Å². The van der Waals surface area contributed by atoms with Gasteiger partial charge in [0.25, 0.3) is 0 Å². The van der Waals surface area contributed by atoms with E-state index in [1.54, 1.807) is 0 Å². The van der Waals surface area contributed by atoms with Crippen molar-refractivity contribution in [1.29, 1.82) is 0 Å². The molecule has 3 atom stereocenters. The standard InChI is InChI=1S/C11H16Cl2N4/c1-6-4-7(2)8(3)17(5-6)11-15-9(12)14-10(13)16-11/h6-8H,4-5H2,1-3H3. The van der Waals surface area contributed by atoms with Gasteiger partial charge < -0.3 is 4.90 Å². The Morgan fingerprint density at radius 2 is 1.65 bits per heavy atom. The quantitative estimate of drug-likeness (QED) is 0.790. The number of hydrogen-bond acceptors (Lipinski definition) is 4. The van der Waals surface area contributed by atoms with Crippen molar-refractivity contribution >= 4 is 29.2 Å². The molecule has 0 radical (unpaired) electrons. The lowest BCUT2D eigenvalue weighted by Crippen LogP contribution is -2.46. The lowest BCUT2D eigenvalue weighted by atomic mass is 9.86. The van der Waals surface area contributed by atoms with E-state index in [1.807, 2.05) is 0 Å². The highest BCUT2D eigenvalue weighted by molar-refractivity contribution is 6.31. The van der Waals surface area contributed by atoms with Crippen molar-refractivity contribution in [2.45, 2.75) is 33.2 Å². The van der Waals surface area contributed by atoms with Gasteiger partial charge in [0.2, 0.25) is 16.5 Å². The molecule has 2 rings (SSSR count). The molecule has 0 amide bonds. The second-order valence-corrected chi connectivity index (χ2v) is 5.56. The van der Waals surface area contributed by atoms with E-state index in [1.165, 1.54) is 6.42 Å². The fraction of sp³-hybridized carbons (Fsp3) is 0.727. The van der Waals surface area contributed by atoms with Gasteiger partial charge in [0.05, 0.1) is 0 Å². The van der Waals surface area contributed by atoms with Crippen molar-refractivity contribution < 1.29 is 0 Å². The van der Waals surface area contributed by atoms with Gasteiger partial charge in [0, 0.05) is 12.6 Å². The molecular weight excluding hydrogens is 259 g/mol. The molecule has 2 heterocycles. The number of nitrogens with zero attached hydrogens (tertiary/aromatic N) is 4. The fourth-order valence-corrected chi connectivity index (χ4v) is 2.78. The molecule has 17 heavy (non-hydrogen) atoms. The van der Waals surface area contributed by atoms with Crippen LogP contribution in [0.25, 0.3) is 0 Å². The third-order valence-corrected chi connectivity index (χ3v) is 3.76. The summed E-state index contributed by atoms with van der Waals surface area (Å²) in [6.07, 6.45) is 1.23. The molecule has 0 aliphatic carbocycles. The van der Waals surface area contributed by atoms with Crippen molar-refractivity contribution in [2.24, 2.45) is 11.8 Å². The summed E-state index contributed by atoms with van der Waals surface area (Å²) in [7, 11) is 0. The summed E-state index contributed by atoms with van der Waals surface area (Å²) in [5, 5.41) is 0.302. The maximum atomic E-state index is 5.82. The van der Waals surface area contributed by atoms with Crippen LogP contribution in [0, 0.1) is 11.8 Å². The van der Waals surface area contributed by atoms with Gasteiger partial charge >= 0.3 is 0 Å². The molecule has 0 aromatic carbocycles. The molecule has 1 aliphatic rings. The molecule has 1 fully saturated rings. The van der Waals surface area contributed by atoms with E-state index in [0.29, 0.717) is 23.8 Å². The van der Waals surface area contributed by atoms with Crippen LogP contribution in [0.1, 0.15) is 27.2 Å². The van der Waals surface area contributed by atoms with Crippen LogP contribution in [-0.4, -0.2) is 27.5 Å². The Morgan fingerprint density at radius 3 is 2.24 bits per heavy atom. The van der Waals surface area contributed by atoms with Crippen molar-refractivity contribution in [1.82, 2.24) is 15.0 Å². The molecule has 6 heteroatoms. The topological polar surface area (TPSA) is 41.9 Å². The summed E-state index contributed by atoms with van der Waals surface area (Å²) in [5.74, 6) is 1.81. The third kappa shape index (κ3) is 2.80. The van der Waals surface area contributed by atoms with Crippen molar-refractivity contribution in [3.63, 3.8) is 0 Å². The second-order valence-electron chi connectivity index (χ2n) is 4.88. The molecule has 1 aromatic rings. The minimum Gasteiger partial charge on any atom is -0.337 e. The first-order valence-corrected chi connectivity index (χ1v) is 6.56. The monoisotopic (exact) mass is 274 g/mol. The van der Waals surface area contributed by atoms with Crippen molar-refractivity contribution in [3.05, 3.63) is 10.6 Å². The van der Waals surface area contributed by atoms with Crippen LogP contribution in [0.2, 0.25) is 10.6 Å². The van der Waals surface area contributed by atoms with Crippen LogP contribution in [0.5, 0.6) is 0 Å². The molecule has 4 nitrogen and oxygen atoms in total. The Kier molecular flexibility index (Phi) is 3.73. The highest BCUT2D eigenvalue weighted by atomic mass is 35.5. The first-order chi connectivity index (χ1) is 7.97. The summed E-state index contributed by atoms with van der Waals surface area (Å²) < 4.78 is 0. The Bertz CT molecular complexity index is 392. The number of hydrogen-bond donors (Lipinski definition) is 0. The summed E-state index contributed by atoms with van der Waals surface area (Å²) >= 11 is 11.6. The summed E-state index contributed by atoms with van der Waals surface area (Å²) in [4.78, 5) is 14.3. The van der Waals surface area contributed by atoms with Gasteiger partial charge in [0.1, 0.15) is 0 Å². The molecule has 0 N–H and O–H groups in total. The minimum atomic E-state index is 0.151. The molecule has 3 unspecified atom stereocenters. The SMILES string of the molecule is CC1CC(C)C(C)N(c2nc(Cl)nc(Cl)n2)C1. The van der Waals surface area contributed by atoms with Gasteiger partial charge in [-0.25, -0.2) is 0 Å². The fourth-order valence-electron chi connectivity index (χ4n) is 2.42. The predicted molar refractivity (Wildman–Crippen MR) is 69.6 cm³/mol. The van der Waals surface area contributed by atoms with Crippen molar-refractivity contribution in [3.8, 4) is 0 Å². The Hall–Kier alpha value is -0.610. The third-order valence-electron chi connectivity index (χ3n) is 3.42. The molecule has 1 saturated heterocycles. The van der Waals surface area contributed by atoms with E-state index in [0.717, 1.165) is 6.54 Å². The average Bonchev–Trinajstić information content (AvgIpc) is 2.22. The number of piperidine rings is 1. The van der Waals surface area contributed by atoms with E-state index >= 15 is 0 Å². The first kappa shape index (κ1) is 12.8. The second kappa shape index (κ2) is 4.94. The largest absolute Gasteiger partial charge is 0.337 e. The lowest BCUT2D eigenvalue weighted by molar-refractivity contribution is 0.293. The number of rotatable bonds is 1. The molecular formula is C11H16Cl2N4. The van der Waals surface area contributed by atoms with Gasteiger partial charge in [-0.05, 0) is 48.4 Å². The van der Waals surface area contributed by atoms with E-state index in [4.69, 9.17) is 23.2 Å². The van der Waals surface area contributed by atoms with Gasteiger partial charge in [-0.15, -0.1) is 0 Å². The maximum Gasteiger partial charge on any atom is 0.231 e. The van der Waals surface area contributed by atoms with E-state index in [9.17, 15) is 0 Å². The van der Waals surface area contributed by atoms with Gasteiger partial charge in [0.15, 0.2) is 0 Å². The summed E-state index contributed by atoms with van der Waals surface area (Å²) in [5.41, 5.74) is 0. The van der Waals surface area contributed by atoms with Crippen LogP contribution in [0.15, 0.2) is 0 Å². The van der Waals surface area contributed by atoms with Crippen LogP contribution >= 0.6 is 23.2 Å². The first-order valence-electron chi connectivity index (χ1n) is 5.81. The normalized spacial score (nSPS) is 29.5. The molecule has 0 saturated carbocycles. The zero-order valence-electron chi connectivity index (χ0n) is 10.2. The number of halogens is 2. The minimum absolute atomic E-state index is 0.151. The highest BCUT2D eigenvalue weighted by Crippen LogP contribution is 2.30. The zero-order valence-corrected chi connectivity index (χ0v) is 11.7. The predicted octanol–water partition coefficient (Wildman–Crippen LogP) is 3.05. The van der Waals surface area contributed by atoms with E-state index in [2.05, 4.69) is 40.6 Å². The molecule has 94 valence electrons. The van der Waals surface area contributed by atoms with Crippen LogP contribution in [-0.2, 0) is 0 Å². The summed E-state index contributed by atoms with van der Waals surface area (Å²) in [6, 6.07) is 0.390. The summed E-state index contributed by atoms with van der Waals surface area (Å²) in [6.45, 7) is 7.60. The zero-order chi connectivity index (χ0) is 12.6. The van der Waals surface area contributed by atoms with Gasteiger partial charge in [-0.2, -0.15) is 15.0 Å². The highest BCUT2D eigenvalue weighted by Gasteiger charge is 2.30. The van der Waals surface area contributed by atoms with Crippen LogP contribution in [0.3, 0.4) is 0 Å². The molecule has 1 aromatic heterocycles. The number of anilines is 1. The maximum absolute atomic E-state index is 5.82. The van der Waals surface area contributed by atoms with Crippen LogP contribution < -0.4 is 4.90 Å². The van der Waals surface area contributed by atoms with E-state index < -0.39 is 0 Å². The Morgan fingerprint density at radius 1 is 1.06 bits per heavy atom. The molecule has 0 spiro atoms. The van der Waals surface area contributed by atoms with Gasteiger partial charge in [-0.3, -0.25) is 0 Å². The van der Waals surface area contributed by atoms with Crippen molar-refractivity contribution in [2.75, 3.05) is 11.4 Å². The smallest absolute Gasteiger partial charge is 0.231 e. The Labute approximate surface area is 111 Å². The Balaban J connectivity index is 2.30. The lowest BCUT2D eigenvalue weighted by Gasteiger charge is -2.41. The number of aromatic nitrogens is 3. The molecule has 0 bridgehead atoms.